The van der Waals surface area contributed by atoms with Crippen LogP contribution >= 0.6 is 23.4 Å². The summed E-state index contributed by atoms with van der Waals surface area (Å²) in [6, 6.07) is 11.8. The van der Waals surface area contributed by atoms with Gasteiger partial charge >= 0.3 is 0 Å². The van der Waals surface area contributed by atoms with Crippen molar-refractivity contribution in [2.75, 3.05) is 5.75 Å². The maximum Gasteiger partial charge on any atom is 0.276 e. The van der Waals surface area contributed by atoms with E-state index in [2.05, 4.69) is 17.3 Å². The first-order valence-corrected chi connectivity index (χ1v) is 11.4. The lowest BCUT2D eigenvalue weighted by Crippen LogP contribution is -2.50. The second-order valence-electron chi connectivity index (χ2n) is 7.12. The highest BCUT2D eigenvalue weighted by Gasteiger charge is 2.36. The van der Waals surface area contributed by atoms with E-state index in [1.807, 2.05) is 18.2 Å². The fraction of sp³-hybridized carbons (Fsp3) is 0.318. The lowest BCUT2D eigenvalue weighted by atomic mass is 10.1. The number of carbonyl (C=O) groups is 1. The van der Waals surface area contributed by atoms with Crippen molar-refractivity contribution in [3.05, 3.63) is 69.4 Å². The van der Waals surface area contributed by atoms with Gasteiger partial charge in [-0.1, -0.05) is 73.8 Å². The molecule has 2 heterocycles. The zero-order chi connectivity index (χ0) is 21.1. The lowest BCUT2D eigenvalue weighted by Gasteiger charge is -2.34. The summed E-state index contributed by atoms with van der Waals surface area (Å²) in [5.41, 5.74) is 0.553. The number of benzene rings is 2. The average molecular weight is 445 g/mol. The van der Waals surface area contributed by atoms with Crippen molar-refractivity contribution in [2.24, 2.45) is 10.1 Å². The quantitative estimate of drug-likeness (QED) is 0.687. The number of rotatable bonds is 6. The Morgan fingerprint density at radius 2 is 2.00 bits per heavy atom. The monoisotopic (exact) mass is 444 g/mol. The van der Waals surface area contributed by atoms with Crippen molar-refractivity contribution in [2.45, 2.75) is 38.8 Å². The number of nitrogens with zero attached hydrogens (tertiary/aromatic N) is 3. The molecular weight excluding hydrogens is 423 g/mol. The van der Waals surface area contributed by atoms with Gasteiger partial charge < -0.3 is 0 Å². The summed E-state index contributed by atoms with van der Waals surface area (Å²) in [6.07, 6.45) is 3.68. The first-order chi connectivity index (χ1) is 14.6. The molecule has 8 heteroatoms. The second-order valence-corrected chi connectivity index (χ2v) is 8.61. The van der Waals surface area contributed by atoms with Gasteiger partial charge in [0.25, 0.3) is 5.91 Å². The van der Waals surface area contributed by atoms with Crippen molar-refractivity contribution < 1.29 is 9.18 Å². The number of thioether (sulfide) groups is 1. The Morgan fingerprint density at radius 3 is 2.80 bits per heavy atom. The topological polar surface area (TPSA) is 57.1 Å². The number of unbranched alkanes of at least 4 members (excludes halogenated alkanes) is 3. The molecule has 0 fully saturated rings. The molecule has 156 valence electrons. The normalized spacial score (nSPS) is 17.6. The van der Waals surface area contributed by atoms with E-state index in [1.165, 1.54) is 35.7 Å². The van der Waals surface area contributed by atoms with Gasteiger partial charge in [-0.2, -0.15) is 0 Å². The maximum atomic E-state index is 14.8. The van der Waals surface area contributed by atoms with Gasteiger partial charge in [0.2, 0.25) is 0 Å². The number of amidine groups is 1. The van der Waals surface area contributed by atoms with E-state index in [0.717, 1.165) is 18.6 Å². The predicted molar refractivity (Wildman–Crippen MR) is 119 cm³/mol. The summed E-state index contributed by atoms with van der Waals surface area (Å²) in [5.74, 6) is 0.0898. The van der Waals surface area contributed by atoms with E-state index in [4.69, 9.17) is 16.6 Å². The minimum absolute atomic E-state index is 0.205. The van der Waals surface area contributed by atoms with Crippen LogP contribution in [0.1, 0.15) is 44.3 Å². The van der Waals surface area contributed by atoms with E-state index in [1.54, 1.807) is 18.2 Å². The Hall–Kier alpha value is -2.38. The summed E-state index contributed by atoms with van der Waals surface area (Å²) in [5, 5.41) is 11.0. The molecule has 0 unspecified atom stereocenters. The van der Waals surface area contributed by atoms with E-state index >= 15 is 0 Å². The highest BCUT2D eigenvalue weighted by molar-refractivity contribution is 8.13. The fourth-order valence-corrected chi connectivity index (χ4v) is 4.65. The van der Waals surface area contributed by atoms with E-state index < -0.39 is 12.0 Å². The number of halogens is 2. The molecule has 0 radical (unpaired) electrons. The second kappa shape index (κ2) is 9.18. The van der Waals surface area contributed by atoms with Crippen molar-refractivity contribution in [1.29, 1.82) is 0 Å². The summed E-state index contributed by atoms with van der Waals surface area (Å²) >= 11 is 7.82. The van der Waals surface area contributed by atoms with Crippen molar-refractivity contribution in [1.82, 2.24) is 10.3 Å². The molecule has 5 nitrogen and oxygen atoms in total. The Morgan fingerprint density at radius 1 is 1.17 bits per heavy atom. The van der Waals surface area contributed by atoms with Crippen LogP contribution in [0.15, 0.2) is 52.6 Å². The molecule has 1 amide bonds. The number of hydrogen-bond donors (Lipinski definition) is 1. The maximum absolute atomic E-state index is 14.8. The molecule has 0 saturated heterocycles. The predicted octanol–water partition coefficient (Wildman–Crippen LogP) is 3.94. The molecular formula is C22H22ClFN4OS. The number of fused-ring (bicyclic) bond motifs is 2. The van der Waals surface area contributed by atoms with Gasteiger partial charge in [-0.3, -0.25) is 15.1 Å². The van der Waals surface area contributed by atoms with Crippen LogP contribution in [0.3, 0.4) is 0 Å². The number of amides is 1. The lowest BCUT2D eigenvalue weighted by molar-refractivity contribution is -0.116. The van der Waals surface area contributed by atoms with Crippen LogP contribution in [0.4, 0.5) is 4.39 Å². The Bertz CT molecular complexity index is 1100. The number of nitrogens with one attached hydrogen (secondary N) is 1. The molecule has 30 heavy (non-hydrogen) atoms. The molecule has 0 aromatic heterocycles. The molecule has 2 aliphatic heterocycles. The SMILES string of the molecule is CCCCCCSC1=NN2C(=c3ccccc3=N[C@H]2c2c(F)cccc2Cl)C(=O)N1. The van der Waals surface area contributed by atoms with Crippen LogP contribution in [0.25, 0.3) is 5.70 Å². The Labute approximate surface area is 183 Å². The van der Waals surface area contributed by atoms with Crippen LogP contribution in [0, 0.1) is 5.82 Å². The van der Waals surface area contributed by atoms with Gasteiger partial charge in [-0.25, -0.2) is 9.40 Å². The molecule has 2 aromatic carbocycles. The third-order valence-electron chi connectivity index (χ3n) is 5.01. The van der Waals surface area contributed by atoms with Crippen LogP contribution in [-0.4, -0.2) is 21.8 Å². The Kier molecular flexibility index (Phi) is 6.39. The third-order valence-corrected chi connectivity index (χ3v) is 6.29. The van der Waals surface area contributed by atoms with Crippen LogP contribution in [-0.2, 0) is 4.79 Å². The minimum Gasteiger partial charge on any atom is -0.298 e. The molecule has 0 bridgehead atoms. The average Bonchev–Trinajstić information content (AvgIpc) is 2.73. The zero-order valence-electron chi connectivity index (χ0n) is 16.6. The molecule has 1 atom stereocenters. The smallest absolute Gasteiger partial charge is 0.276 e. The van der Waals surface area contributed by atoms with Crippen LogP contribution in [0.2, 0.25) is 5.02 Å². The number of hydrazone groups is 1. The van der Waals surface area contributed by atoms with Crippen molar-refractivity contribution in [3.8, 4) is 0 Å². The first kappa shape index (κ1) is 20.9. The number of carbonyl (C=O) groups excluding carboxylic acids is 1. The van der Waals surface area contributed by atoms with Crippen LogP contribution in [0.5, 0.6) is 0 Å². The van der Waals surface area contributed by atoms with Gasteiger partial charge in [-0.05, 0) is 24.6 Å². The van der Waals surface area contributed by atoms with Crippen molar-refractivity contribution >= 4 is 40.1 Å². The highest BCUT2D eigenvalue weighted by Crippen LogP contribution is 2.35. The summed E-state index contributed by atoms with van der Waals surface area (Å²) in [7, 11) is 0. The van der Waals surface area contributed by atoms with Gasteiger partial charge in [0, 0.05) is 11.0 Å². The number of hydrogen-bond acceptors (Lipinski definition) is 5. The van der Waals surface area contributed by atoms with Gasteiger partial charge in [0.05, 0.1) is 15.9 Å². The zero-order valence-corrected chi connectivity index (χ0v) is 18.1. The van der Waals surface area contributed by atoms with Gasteiger partial charge in [0.1, 0.15) is 11.5 Å². The highest BCUT2D eigenvalue weighted by atomic mass is 35.5. The first-order valence-electron chi connectivity index (χ1n) is 10.0. The molecule has 4 rings (SSSR count). The molecule has 0 aliphatic carbocycles. The van der Waals surface area contributed by atoms with Gasteiger partial charge in [-0.15, -0.1) is 5.10 Å². The molecule has 2 aromatic rings. The minimum atomic E-state index is -0.856. The molecule has 0 saturated carbocycles. The van der Waals surface area contributed by atoms with E-state index in [9.17, 15) is 9.18 Å². The number of para-hydroxylation sites is 1. The fourth-order valence-electron chi connectivity index (χ4n) is 3.54. The van der Waals surface area contributed by atoms with E-state index in [0.29, 0.717) is 21.4 Å². The van der Waals surface area contributed by atoms with Crippen LogP contribution < -0.4 is 15.9 Å². The van der Waals surface area contributed by atoms with E-state index in [-0.39, 0.29) is 16.5 Å². The summed E-state index contributed by atoms with van der Waals surface area (Å²) < 4.78 is 14.8. The molecule has 0 spiro atoms. The summed E-state index contributed by atoms with van der Waals surface area (Å²) in [6.45, 7) is 2.17. The van der Waals surface area contributed by atoms with Gasteiger partial charge in [0.15, 0.2) is 11.3 Å². The summed E-state index contributed by atoms with van der Waals surface area (Å²) in [4.78, 5) is 17.7. The largest absolute Gasteiger partial charge is 0.298 e. The standard InChI is InChI=1S/C22H22ClFN4OS/c1-2-3-4-7-13-30-22-26-21(29)19-14-9-5-6-12-17(14)25-20(28(19)27-22)18-15(23)10-8-11-16(18)24/h5-6,8-12,20H,2-4,7,13H2,1H3,(H,26,27,29)/t20-/m1/s1. The Balaban J connectivity index is 1.76. The third kappa shape index (κ3) is 4.09. The molecule has 1 N–H and O–H groups in total. The molecule has 2 aliphatic rings. The van der Waals surface area contributed by atoms with Crippen molar-refractivity contribution in [3.63, 3.8) is 0 Å².